The maximum absolute atomic E-state index is 13.5. The van der Waals surface area contributed by atoms with Gasteiger partial charge in [-0.3, -0.25) is 4.79 Å². The van der Waals surface area contributed by atoms with Gasteiger partial charge >= 0.3 is 0 Å². The van der Waals surface area contributed by atoms with Crippen LogP contribution in [0.2, 0.25) is 0 Å². The lowest BCUT2D eigenvalue weighted by molar-refractivity contribution is -0.425. The van der Waals surface area contributed by atoms with Gasteiger partial charge in [-0.1, -0.05) is 0 Å². The summed E-state index contributed by atoms with van der Waals surface area (Å²) in [5.41, 5.74) is 3.13. The first kappa shape index (κ1) is 13.7. The summed E-state index contributed by atoms with van der Waals surface area (Å²) in [6, 6.07) is 0.652. The number of hydrogen-bond donors (Lipinski definition) is 1. The first-order chi connectivity index (χ1) is 8.91. The molecule has 2 rings (SSSR count). The van der Waals surface area contributed by atoms with E-state index >= 15 is 0 Å². The van der Waals surface area contributed by atoms with Crippen molar-refractivity contribution in [1.29, 1.82) is 0 Å². The highest BCUT2D eigenvalue weighted by Gasteiger charge is 2.26. The molecule has 1 saturated heterocycles. The van der Waals surface area contributed by atoms with Gasteiger partial charge in [0.15, 0.2) is 11.6 Å². The third-order valence-corrected chi connectivity index (χ3v) is 3.25. The SMILES string of the molecule is [NH3+]C1CCN(C(=O)c2cc(F)c(F)c([O-])c2F)CC1. The third kappa shape index (κ3) is 2.51. The largest absolute Gasteiger partial charge is 0.868 e. The van der Waals surface area contributed by atoms with Crippen LogP contribution >= 0.6 is 0 Å². The maximum Gasteiger partial charge on any atom is 0.256 e. The Balaban J connectivity index is 2.29. The third-order valence-electron chi connectivity index (χ3n) is 3.25. The van der Waals surface area contributed by atoms with Crippen molar-refractivity contribution in [1.82, 2.24) is 4.90 Å². The lowest BCUT2D eigenvalue weighted by atomic mass is 10.0. The summed E-state index contributed by atoms with van der Waals surface area (Å²) in [4.78, 5) is 13.3. The molecule has 3 N–H and O–H groups in total. The number of hydrogen-bond acceptors (Lipinski definition) is 2. The molecule has 4 nitrogen and oxygen atoms in total. The highest BCUT2D eigenvalue weighted by atomic mass is 19.2. The number of carbonyl (C=O) groups excluding carboxylic acids is 1. The highest BCUT2D eigenvalue weighted by molar-refractivity contribution is 5.95. The van der Waals surface area contributed by atoms with Crippen molar-refractivity contribution in [2.45, 2.75) is 18.9 Å². The summed E-state index contributed by atoms with van der Waals surface area (Å²) in [5.74, 6) is -7.36. The Morgan fingerprint density at radius 2 is 1.84 bits per heavy atom. The molecule has 1 heterocycles. The molecule has 7 heteroatoms. The van der Waals surface area contributed by atoms with Crippen LogP contribution in [-0.4, -0.2) is 29.9 Å². The fourth-order valence-electron chi connectivity index (χ4n) is 2.04. The first-order valence-electron chi connectivity index (χ1n) is 5.88. The number of rotatable bonds is 1. The number of nitrogens with zero attached hydrogens (tertiary/aromatic N) is 1. The van der Waals surface area contributed by atoms with Gasteiger partial charge in [0.2, 0.25) is 0 Å². The van der Waals surface area contributed by atoms with Gasteiger partial charge < -0.3 is 15.7 Å². The summed E-state index contributed by atoms with van der Waals surface area (Å²) in [5, 5.41) is 11.1. The van der Waals surface area contributed by atoms with E-state index in [4.69, 9.17) is 0 Å². The van der Waals surface area contributed by atoms with Gasteiger partial charge in [0.05, 0.1) is 11.6 Å². The highest BCUT2D eigenvalue weighted by Crippen LogP contribution is 2.25. The van der Waals surface area contributed by atoms with E-state index in [2.05, 4.69) is 5.73 Å². The normalized spacial score (nSPS) is 16.7. The second-order valence-corrected chi connectivity index (χ2v) is 4.60. The van der Waals surface area contributed by atoms with E-state index in [1.807, 2.05) is 0 Å². The Kier molecular flexibility index (Phi) is 3.66. The van der Waals surface area contributed by atoms with E-state index in [1.54, 1.807) is 0 Å². The van der Waals surface area contributed by atoms with E-state index in [-0.39, 0.29) is 6.04 Å². The van der Waals surface area contributed by atoms with Crippen LogP contribution in [0.1, 0.15) is 23.2 Å². The quantitative estimate of drug-likeness (QED) is 0.734. The van der Waals surface area contributed by atoms with Crippen LogP contribution in [0, 0.1) is 17.5 Å². The maximum atomic E-state index is 13.5. The molecule has 1 aromatic carbocycles. The lowest BCUT2D eigenvalue weighted by Crippen LogP contribution is -2.64. The van der Waals surface area contributed by atoms with E-state index in [9.17, 15) is 23.1 Å². The first-order valence-corrected chi connectivity index (χ1v) is 5.88. The van der Waals surface area contributed by atoms with Crippen LogP contribution < -0.4 is 10.8 Å². The second kappa shape index (κ2) is 5.08. The van der Waals surface area contributed by atoms with Crippen molar-refractivity contribution < 1.29 is 28.8 Å². The standard InChI is InChI=1S/C12H13F3N2O2/c13-8-5-7(9(14)11(18)10(8)15)12(19)17-3-1-6(16)2-4-17/h5-6,18H,1-4,16H2. The Labute approximate surface area is 107 Å². The molecule has 0 spiro atoms. The number of piperidine rings is 1. The molecule has 1 aromatic rings. The van der Waals surface area contributed by atoms with Crippen molar-refractivity contribution in [3.05, 3.63) is 29.1 Å². The topological polar surface area (TPSA) is 71.0 Å². The second-order valence-electron chi connectivity index (χ2n) is 4.60. The smallest absolute Gasteiger partial charge is 0.256 e. The minimum atomic E-state index is -1.80. The van der Waals surface area contributed by atoms with Gasteiger partial charge in [-0.05, 0) is 11.8 Å². The van der Waals surface area contributed by atoms with E-state index in [0.717, 1.165) is 0 Å². The van der Waals surface area contributed by atoms with Gasteiger partial charge in [0.1, 0.15) is 5.82 Å². The fraction of sp³-hybridized carbons (Fsp3) is 0.417. The van der Waals surface area contributed by atoms with Crippen molar-refractivity contribution in [3.8, 4) is 5.75 Å². The molecule has 0 radical (unpaired) electrons. The predicted molar refractivity (Wildman–Crippen MR) is 57.6 cm³/mol. The van der Waals surface area contributed by atoms with Gasteiger partial charge in [0, 0.05) is 25.9 Å². The zero-order valence-corrected chi connectivity index (χ0v) is 10.1. The Morgan fingerprint density at radius 3 is 2.42 bits per heavy atom. The van der Waals surface area contributed by atoms with Crippen LogP contribution in [0.15, 0.2) is 6.07 Å². The predicted octanol–water partition coefficient (Wildman–Crippen LogP) is 0.0240. The summed E-state index contributed by atoms with van der Waals surface area (Å²) in [7, 11) is 0. The van der Waals surface area contributed by atoms with E-state index in [1.165, 1.54) is 4.90 Å². The summed E-state index contributed by atoms with van der Waals surface area (Å²) < 4.78 is 39.5. The number of likely N-dealkylation sites (tertiary alicyclic amines) is 1. The lowest BCUT2D eigenvalue weighted by Gasteiger charge is -2.29. The Bertz CT molecular complexity index is 514. The van der Waals surface area contributed by atoms with Crippen molar-refractivity contribution in [3.63, 3.8) is 0 Å². The molecule has 19 heavy (non-hydrogen) atoms. The van der Waals surface area contributed by atoms with Crippen LogP contribution in [0.3, 0.4) is 0 Å². The molecule has 0 atom stereocenters. The van der Waals surface area contributed by atoms with Gasteiger partial charge in [-0.2, -0.15) is 0 Å². The number of carbonyl (C=O) groups is 1. The summed E-state index contributed by atoms with van der Waals surface area (Å²) >= 11 is 0. The van der Waals surface area contributed by atoms with Crippen LogP contribution in [0.5, 0.6) is 5.75 Å². The summed E-state index contributed by atoms with van der Waals surface area (Å²) in [6.45, 7) is 0.721. The van der Waals surface area contributed by atoms with Gasteiger partial charge in [-0.15, -0.1) is 0 Å². The average Bonchev–Trinajstić information content (AvgIpc) is 2.40. The molecule has 1 amide bonds. The number of benzene rings is 1. The van der Waals surface area contributed by atoms with Crippen LogP contribution in [-0.2, 0) is 0 Å². The molecule has 0 aliphatic carbocycles. The molecule has 0 saturated carbocycles. The molecule has 0 bridgehead atoms. The molecule has 0 unspecified atom stereocenters. The van der Waals surface area contributed by atoms with Crippen LogP contribution in [0.25, 0.3) is 0 Å². The fourth-order valence-corrected chi connectivity index (χ4v) is 2.04. The van der Waals surface area contributed by atoms with Crippen LogP contribution in [0.4, 0.5) is 13.2 Å². The average molecular weight is 274 g/mol. The number of halogens is 3. The summed E-state index contributed by atoms with van der Waals surface area (Å²) in [6.07, 6.45) is 1.31. The van der Waals surface area contributed by atoms with Crippen molar-refractivity contribution in [2.24, 2.45) is 0 Å². The Hall–Kier alpha value is -1.76. The van der Waals surface area contributed by atoms with Gasteiger partial charge in [0.25, 0.3) is 5.91 Å². The minimum absolute atomic E-state index is 0.217. The van der Waals surface area contributed by atoms with Gasteiger partial charge in [-0.25, -0.2) is 13.2 Å². The molecular formula is C12H13F3N2O2. The van der Waals surface area contributed by atoms with E-state index in [0.29, 0.717) is 32.0 Å². The molecule has 0 aromatic heterocycles. The molecule has 1 aliphatic rings. The molecule has 104 valence electrons. The Morgan fingerprint density at radius 1 is 1.26 bits per heavy atom. The van der Waals surface area contributed by atoms with Crippen molar-refractivity contribution >= 4 is 5.91 Å². The molecule has 1 aliphatic heterocycles. The number of amides is 1. The monoisotopic (exact) mass is 274 g/mol. The zero-order valence-electron chi connectivity index (χ0n) is 10.1. The number of quaternary nitrogens is 1. The minimum Gasteiger partial charge on any atom is -0.868 e. The molecular weight excluding hydrogens is 261 g/mol. The van der Waals surface area contributed by atoms with Crippen molar-refractivity contribution in [2.75, 3.05) is 13.1 Å². The zero-order chi connectivity index (χ0) is 14.2. The molecule has 1 fully saturated rings. The van der Waals surface area contributed by atoms with E-state index < -0.39 is 34.7 Å².